The second kappa shape index (κ2) is 10.6. The fourth-order valence-corrected chi connectivity index (χ4v) is 2.94. The Hall–Kier alpha value is -1.08. The zero-order valence-corrected chi connectivity index (χ0v) is 16.3. The summed E-state index contributed by atoms with van der Waals surface area (Å²) in [7, 11) is 1.81. The van der Waals surface area contributed by atoms with Gasteiger partial charge in [-0.2, -0.15) is 0 Å². The minimum atomic E-state index is 0. The van der Waals surface area contributed by atoms with Crippen LogP contribution in [0.15, 0.2) is 46.8 Å². The minimum absolute atomic E-state index is 0. The highest BCUT2D eigenvalue weighted by molar-refractivity contribution is 14.0. The van der Waals surface area contributed by atoms with E-state index in [0.29, 0.717) is 0 Å². The molecule has 3 nitrogen and oxygen atoms in total. The number of hydrogen-bond acceptors (Lipinski definition) is 2. The molecule has 2 N–H and O–H groups in total. The summed E-state index contributed by atoms with van der Waals surface area (Å²) in [4.78, 5) is 5.67. The van der Waals surface area contributed by atoms with Crippen LogP contribution in [0.3, 0.4) is 0 Å². The van der Waals surface area contributed by atoms with Crippen LogP contribution in [0.5, 0.6) is 0 Å². The van der Waals surface area contributed by atoms with Crippen LogP contribution in [0.4, 0.5) is 0 Å². The molecule has 0 spiro atoms. The molecule has 0 saturated carbocycles. The highest BCUT2D eigenvalue weighted by Gasteiger charge is 2.02. The van der Waals surface area contributed by atoms with Crippen LogP contribution in [0, 0.1) is 0 Å². The van der Waals surface area contributed by atoms with Crippen molar-refractivity contribution in [1.29, 1.82) is 0 Å². The molecule has 0 aliphatic carbocycles. The lowest BCUT2D eigenvalue weighted by molar-refractivity contribution is 0.794. The Kier molecular flexibility index (Phi) is 9.15. The van der Waals surface area contributed by atoms with Crippen molar-refractivity contribution in [1.82, 2.24) is 10.6 Å². The number of aliphatic imine (C=N–C) groups is 1. The number of rotatable bonds is 6. The van der Waals surface area contributed by atoms with Crippen LogP contribution in [-0.2, 0) is 19.4 Å². The molecular formula is C17H24IN3S. The van der Waals surface area contributed by atoms with Crippen molar-refractivity contribution in [3.63, 3.8) is 0 Å². The number of benzene rings is 1. The first-order valence-corrected chi connectivity index (χ1v) is 8.25. The van der Waals surface area contributed by atoms with Crippen molar-refractivity contribution >= 4 is 41.3 Å². The first kappa shape index (κ1) is 19.0. The maximum Gasteiger partial charge on any atom is 0.191 e. The molecule has 2 aromatic rings. The first-order chi connectivity index (χ1) is 10.3. The molecule has 0 bridgehead atoms. The van der Waals surface area contributed by atoms with Gasteiger partial charge in [0.15, 0.2) is 5.96 Å². The van der Waals surface area contributed by atoms with Crippen LogP contribution < -0.4 is 10.6 Å². The number of thiophene rings is 1. The van der Waals surface area contributed by atoms with E-state index >= 15 is 0 Å². The van der Waals surface area contributed by atoms with Crippen molar-refractivity contribution < 1.29 is 0 Å². The van der Waals surface area contributed by atoms with Crippen LogP contribution in [0.2, 0.25) is 0 Å². The maximum absolute atomic E-state index is 4.28. The molecule has 1 aromatic carbocycles. The molecule has 0 fully saturated rings. The average molecular weight is 429 g/mol. The summed E-state index contributed by atoms with van der Waals surface area (Å²) in [5.41, 5.74) is 2.72. The van der Waals surface area contributed by atoms with Gasteiger partial charge in [-0.05, 0) is 35.4 Å². The van der Waals surface area contributed by atoms with Gasteiger partial charge >= 0.3 is 0 Å². The van der Waals surface area contributed by atoms with Crippen molar-refractivity contribution in [2.24, 2.45) is 4.99 Å². The summed E-state index contributed by atoms with van der Waals surface area (Å²) >= 11 is 1.80. The van der Waals surface area contributed by atoms with Gasteiger partial charge in [0.2, 0.25) is 0 Å². The molecule has 2 rings (SSSR count). The van der Waals surface area contributed by atoms with E-state index in [9.17, 15) is 0 Å². The summed E-state index contributed by atoms with van der Waals surface area (Å²) in [6, 6.07) is 12.8. The summed E-state index contributed by atoms with van der Waals surface area (Å²) in [5.74, 6) is 0.859. The number of nitrogens with zero attached hydrogens (tertiary/aromatic N) is 1. The van der Waals surface area contributed by atoms with E-state index in [1.807, 2.05) is 7.05 Å². The molecule has 1 aromatic heterocycles. The van der Waals surface area contributed by atoms with Gasteiger partial charge in [-0.15, -0.1) is 35.3 Å². The fourth-order valence-electron chi connectivity index (χ4n) is 2.23. The third kappa shape index (κ3) is 5.96. The molecule has 0 aliphatic rings. The predicted octanol–water partition coefficient (Wildman–Crippen LogP) is 3.84. The highest BCUT2D eigenvalue weighted by Crippen LogP contribution is 2.09. The smallest absolute Gasteiger partial charge is 0.191 e. The van der Waals surface area contributed by atoms with E-state index in [4.69, 9.17) is 0 Å². The van der Waals surface area contributed by atoms with Crippen LogP contribution in [-0.4, -0.2) is 19.6 Å². The lowest BCUT2D eigenvalue weighted by Crippen LogP contribution is -2.37. The summed E-state index contributed by atoms with van der Waals surface area (Å²) in [5, 5.41) is 8.86. The standard InChI is InChI=1S/C17H23N3S.HI/c1-3-14-7-4-5-8-15(14)13-20-17(18-2)19-11-10-16-9-6-12-21-16;/h4-9,12H,3,10-11,13H2,1-2H3,(H2,18,19,20);1H. The fraction of sp³-hybridized carbons (Fsp3) is 0.353. The molecule has 5 heteroatoms. The summed E-state index contributed by atoms with van der Waals surface area (Å²) in [6.45, 7) is 3.89. The van der Waals surface area contributed by atoms with Crippen molar-refractivity contribution in [2.75, 3.05) is 13.6 Å². The zero-order valence-electron chi connectivity index (χ0n) is 13.1. The quantitative estimate of drug-likeness (QED) is 0.416. The van der Waals surface area contributed by atoms with Gasteiger partial charge in [0.05, 0.1) is 0 Å². The topological polar surface area (TPSA) is 36.4 Å². The van der Waals surface area contributed by atoms with Gasteiger partial charge in [0, 0.05) is 25.0 Å². The van der Waals surface area contributed by atoms with Gasteiger partial charge < -0.3 is 10.6 Å². The third-order valence-corrected chi connectivity index (χ3v) is 4.35. The van der Waals surface area contributed by atoms with E-state index in [1.165, 1.54) is 16.0 Å². The Morgan fingerprint density at radius 2 is 1.86 bits per heavy atom. The Bertz CT molecular complexity index is 567. The van der Waals surface area contributed by atoms with E-state index < -0.39 is 0 Å². The first-order valence-electron chi connectivity index (χ1n) is 7.37. The molecule has 1 heterocycles. The molecule has 0 saturated heterocycles. The monoisotopic (exact) mass is 429 g/mol. The Balaban J connectivity index is 0.00000242. The van der Waals surface area contributed by atoms with Crippen LogP contribution in [0.1, 0.15) is 22.9 Å². The molecule has 22 heavy (non-hydrogen) atoms. The van der Waals surface area contributed by atoms with Gasteiger partial charge in [0.1, 0.15) is 0 Å². The number of aryl methyl sites for hydroxylation is 1. The van der Waals surface area contributed by atoms with E-state index in [1.54, 1.807) is 11.3 Å². The van der Waals surface area contributed by atoms with Gasteiger partial charge in [-0.1, -0.05) is 37.3 Å². The minimum Gasteiger partial charge on any atom is -0.356 e. The predicted molar refractivity (Wildman–Crippen MR) is 107 cm³/mol. The molecule has 0 aliphatic heterocycles. The van der Waals surface area contributed by atoms with Crippen molar-refractivity contribution in [3.8, 4) is 0 Å². The Labute approximate surface area is 154 Å². The highest BCUT2D eigenvalue weighted by atomic mass is 127. The second-order valence-corrected chi connectivity index (χ2v) is 5.84. The van der Waals surface area contributed by atoms with Crippen molar-refractivity contribution in [3.05, 3.63) is 57.8 Å². The molecule has 0 radical (unpaired) electrons. The maximum atomic E-state index is 4.28. The summed E-state index contributed by atoms with van der Waals surface area (Å²) in [6.07, 6.45) is 2.09. The lowest BCUT2D eigenvalue weighted by Gasteiger charge is -2.13. The third-order valence-electron chi connectivity index (χ3n) is 3.41. The van der Waals surface area contributed by atoms with Gasteiger partial charge in [-0.25, -0.2) is 0 Å². The molecular weight excluding hydrogens is 405 g/mol. The largest absolute Gasteiger partial charge is 0.356 e. The SMILES string of the molecule is CCc1ccccc1CNC(=NC)NCCc1cccs1.I. The Morgan fingerprint density at radius 3 is 2.50 bits per heavy atom. The molecule has 0 unspecified atom stereocenters. The molecule has 0 amide bonds. The zero-order chi connectivity index (χ0) is 14.9. The van der Waals surface area contributed by atoms with Crippen molar-refractivity contribution in [2.45, 2.75) is 26.3 Å². The number of guanidine groups is 1. The number of halogens is 1. The average Bonchev–Trinajstić information content (AvgIpc) is 3.04. The second-order valence-electron chi connectivity index (χ2n) is 4.80. The van der Waals surface area contributed by atoms with Gasteiger partial charge in [-0.3, -0.25) is 4.99 Å². The lowest BCUT2D eigenvalue weighted by atomic mass is 10.1. The van der Waals surface area contributed by atoms with Crippen LogP contribution in [0.25, 0.3) is 0 Å². The van der Waals surface area contributed by atoms with E-state index in [2.05, 4.69) is 64.3 Å². The Morgan fingerprint density at radius 1 is 1.09 bits per heavy atom. The summed E-state index contributed by atoms with van der Waals surface area (Å²) < 4.78 is 0. The van der Waals surface area contributed by atoms with Crippen LogP contribution >= 0.6 is 35.3 Å². The normalized spacial score (nSPS) is 10.9. The molecule has 120 valence electrons. The number of hydrogen-bond donors (Lipinski definition) is 2. The van der Waals surface area contributed by atoms with E-state index in [0.717, 1.165) is 31.9 Å². The van der Waals surface area contributed by atoms with Gasteiger partial charge in [0.25, 0.3) is 0 Å². The number of nitrogens with one attached hydrogen (secondary N) is 2. The van der Waals surface area contributed by atoms with E-state index in [-0.39, 0.29) is 24.0 Å². The molecule has 0 atom stereocenters.